The Kier molecular flexibility index (Phi) is 3.51. The zero-order valence-electron chi connectivity index (χ0n) is 10.6. The highest BCUT2D eigenvalue weighted by Crippen LogP contribution is 2.23. The molecule has 98 valence electrons. The number of aromatic nitrogens is 2. The second-order valence-corrected chi connectivity index (χ2v) is 4.84. The topological polar surface area (TPSA) is 76.2 Å². The summed E-state index contributed by atoms with van der Waals surface area (Å²) in [6.45, 7) is 3.67. The molecule has 0 atom stereocenters. The van der Waals surface area contributed by atoms with Gasteiger partial charge in [-0.2, -0.15) is 5.10 Å². The van der Waals surface area contributed by atoms with Crippen LogP contribution in [0.5, 0.6) is 0 Å². The second-order valence-electron chi connectivity index (χ2n) is 4.40. The van der Waals surface area contributed by atoms with Gasteiger partial charge in [0.25, 0.3) is 0 Å². The molecule has 7 heteroatoms. The standard InChI is InChI=1S/C11H17N5OS/c1-7-9(10(12)18)11(15(2)14-7)16-5-3-4-13-8(17)6-16/h3-6H2,1-2H3,(H2,12,18)(H,13,17). The molecule has 0 spiro atoms. The molecule has 1 aromatic rings. The van der Waals surface area contributed by atoms with Crippen LogP contribution in [-0.4, -0.2) is 40.3 Å². The summed E-state index contributed by atoms with van der Waals surface area (Å²) in [5.74, 6) is 0.845. The molecule has 3 N–H and O–H groups in total. The predicted octanol–water partition coefficient (Wildman–Crippen LogP) is -0.311. The maximum absolute atomic E-state index is 11.6. The Morgan fingerprint density at radius 2 is 2.28 bits per heavy atom. The van der Waals surface area contributed by atoms with Gasteiger partial charge in [0.05, 0.1) is 17.8 Å². The van der Waals surface area contributed by atoms with E-state index in [2.05, 4.69) is 10.4 Å². The molecule has 0 aliphatic carbocycles. The van der Waals surface area contributed by atoms with Crippen LogP contribution in [-0.2, 0) is 11.8 Å². The molecule has 0 saturated carbocycles. The van der Waals surface area contributed by atoms with Gasteiger partial charge in [-0.1, -0.05) is 12.2 Å². The van der Waals surface area contributed by atoms with Crippen LogP contribution in [0.3, 0.4) is 0 Å². The average Bonchev–Trinajstić information content (AvgIpc) is 2.46. The first-order chi connectivity index (χ1) is 8.50. The van der Waals surface area contributed by atoms with Crippen LogP contribution in [0.1, 0.15) is 17.7 Å². The van der Waals surface area contributed by atoms with Crippen LogP contribution in [0.2, 0.25) is 0 Å². The molecule has 0 bridgehead atoms. The third kappa shape index (κ3) is 2.31. The molecule has 2 rings (SSSR count). The zero-order chi connectivity index (χ0) is 13.3. The van der Waals surface area contributed by atoms with E-state index < -0.39 is 0 Å². The average molecular weight is 267 g/mol. The lowest BCUT2D eigenvalue weighted by Crippen LogP contribution is -2.35. The summed E-state index contributed by atoms with van der Waals surface area (Å²) in [7, 11) is 1.84. The van der Waals surface area contributed by atoms with Crippen molar-refractivity contribution in [2.75, 3.05) is 24.5 Å². The molecule has 0 aromatic carbocycles. The Balaban J connectivity index is 2.42. The third-order valence-corrected chi connectivity index (χ3v) is 3.20. The van der Waals surface area contributed by atoms with E-state index in [1.807, 2.05) is 18.9 Å². The lowest BCUT2D eigenvalue weighted by atomic mass is 10.2. The number of nitrogens with zero attached hydrogens (tertiary/aromatic N) is 3. The van der Waals surface area contributed by atoms with Crippen LogP contribution >= 0.6 is 12.2 Å². The minimum atomic E-state index is 0.0141. The molecule has 2 heterocycles. The molecular weight excluding hydrogens is 250 g/mol. The Labute approximate surface area is 111 Å². The Morgan fingerprint density at radius 1 is 1.56 bits per heavy atom. The van der Waals surface area contributed by atoms with Crippen molar-refractivity contribution in [1.29, 1.82) is 0 Å². The highest BCUT2D eigenvalue weighted by Gasteiger charge is 2.24. The minimum absolute atomic E-state index is 0.0141. The Bertz CT molecular complexity index is 496. The van der Waals surface area contributed by atoms with Gasteiger partial charge in [0.15, 0.2) is 0 Å². The van der Waals surface area contributed by atoms with Crippen molar-refractivity contribution < 1.29 is 4.79 Å². The van der Waals surface area contributed by atoms with E-state index in [0.29, 0.717) is 18.1 Å². The van der Waals surface area contributed by atoms with Crippen LogP contribution in [0.15, 0.2) is 0 Å². The summed E-state index contributed by atoms with van der Waals surface area (Å²) in [6, 6.07) is 0. The lowest BCUT2D eigenvalue weighted by Gasteiger charge is -2.22. The van der Waals surface area contributed by atoms with Gasteiger partial charge in [-0.25, -0.2) is 0 Å². The number of nitrogens with two attached hydrogens (primary N) is 1. The number of amides is 1. The van der Waals surface area contributed by atoms with E-state index in [1.54, 1.807) is 4.68 Å². The molecule has 6 nitrogen and oxygen atoms in total. The van der Waals surface area contributed by atoms with Gasteiger partial charge in [0, 0.05) is 20.1 Å². The predicted molar refractivity (Wildman–Crippen MR) is 73.7 cm³/mol. The number of hydrogen-bond donors (Lipinski definition) is 2. The summed E-state index contributed by atoms with van der Waals surface area (Å²) >= 11 is 5.08. The number of carbonyl (C=O) groups excluding carboxylic acids is 1. The van der Waals surface area contributed by atoms with Gasteiger partial charge in [-0.3, -0.25) is 9.48 Å². The fraction of sp³-hybridized carbons (Fsp3) is 0.545. The summed E-state index contributed by atoms with van der Waals surface area (Å²) in [6.07, 6.45) is 0.896. The molecule has 18 heavy (non-hydrogen) atoms. The molecule has 1 fully saturated rings. The smallest absolute Gasteiger partial charge is 0.239 e. The van der Waals surface area contributed by atoms with Crippen molar-refractivity contribution in [2.45, 2.75) is 13.3 Å². The summed E-state index contributed by atoms with van der Waals surface area (Å²) in [5.41, 5.74) is 7.32. The number of hydrogen-bond acceptors (Lipinski definition) is 4. The fourth-order valence-electron chi connectivity index (χ4n) is 2.28. The number of carbonyl (C=O) groups is 1. The third-order valence-electron chi connectivity index (χ3n) is 3.00. The van der Waals surface area contributed by atoms with Gasteiger partial charge in [-0.15, -0.1) is 0 Å². The Morgan fingerprint density at radius 3 is 2.94 bits per heavy atom. The summed E-state index contributed by atoms with van der Waals surface area (Å²) in [5, 5.41) is 7.18. The SMILES string of the molecule is Cc1nn(C)c(N2CCCNC(=O)C2)c1C(N)=S. The van der Waals surface area contributed by atoms with Crippen LogP contribution in [0, 0.1) is 6.92 Å². The van der Waals surface area contributed by atoms with Crippen molar-refractivity contribution in [2.24, 2.45) is 12.8 Å². The van der Waals surface area contributed by atoms with Crippen LogP contribution < -0.4 is 16.0 Å². The molecule has 1 saturated heterocycles. The van der Waals surface area contributed by atoms with Gasteiger partial charge >= 0.3 is 0 Å². The lowest BCUT2D eigenvalue weighted by molar-refractivity contribution is -0.119. The van der Waals surface area contributed by atoms with Crippen LogP contribution in [0.25, 0.3) is 0 Å². The first kappa shape index (κ1) is 12.8. The second kappa shape index (κ2) is 4.93. The number of thiocarbonyl (C=S) groups is 1. The minimum Gasteiger partial charge on any atom is -0.389 e. The molecular formula is C11H17N5OS. The fourth-order valence-corrected chi connectivity index (χ4v) is 2.52. The van der Waals surface area contributed by atoms with Gasteiger partial charge in [0.1, 0.15) is 10.8 Å². The van der Waals surface area contributed by atoms with Crippen molar-refractivity contribution in [3.05, 3.63) is 11.3 Å². The summed E-state index contributed by atoms with van der Waals surface area (Å²) < 4.78 is 1.74. The highest BCUT2D eigenvalue weighted by molar-refractivity contribution is 7.80. The van der Waals surface area contributed by atoms with Gasteiger partial charge in [-0.05, 0) is 13.3 Å². The van der Waals surface area contributed by atoms with Crippen LogP contribution in [0.4, 0.5) is 5.82 Å². The highest BCUT2D eigenvalue weighted by atomic mass is 32.1. The van der Waals surface area contributed by atoms with Crippen molar-refractivity contribution in [3.8, 4) is 0 Å². The molecule has 1 aromatic heterocycles. The molecule has 1 amide bonds. The molecule has 0 radical (unpaired) electrons. The first-order valence-corrected chi connectivity index (χ1v) is 6.26. The van der Waals surface area contributed by atoms with Gasteiger partial charge < -0.3 is 16.0 Å². The maximum atomic E-state index is 11.6. The first-order valence-electron chi connectivity index (χ1n) is 5.85. The van der Waals surface area contributed by atoms with Crippen molar-refractivity contribution in [3.63, 3.8) is 0 Å². The van der Waals surface area contributed by atoms with E-state index >= 15 is 0 Å². The number of nitrogens with one attached hydrogen (secondary N) is 1. The van der Waals surface area contributed by atoms with E-state index in [9.17, 15) is 4.79 Å². The normalized spacial score (nSPS) is 16.3. The zero-order valence-corrected chi connectivity index (χ0v) is 11.4. The van der Waals surface area contributed by atoms with Crippen molar-refractivity contribution in [1.82, 2.24) is 15.1 Å². The van der Waals surface area contributed by atoms with E-state index in [0.717, 1.165) is 30.0 Å². The number of aryl methyl sites for hydroxylation is 2. The van der Waals surface area contributed by atoms with Crippen molar-refractivity contribution >= 4 is 28.9 Å². The molecule has 1 aliphatic rings. The Hall–Kier alpha value is -1.63. The monoisotopic (exact) mass is 267 g/mol. The quantitative estimate of drug-likeness (QED) is 0.719. The number of anilines is 1. The van der Waals surface area contributed by atoms with E-state index in [1.165, 1.54) is 0 Å². The van der Waals surface area contributed by atoms with E-state index in [-0.39, 0.29) is 5.91 Å². The van der Waals surface area contributed by atoms with Gasteiger partial charge in [0.2, 0.25) is 5.91 Å². The molecule has 1 aliphatic heterocycles. The number of rotatable bonds is 2. The molecule has 0 unspecified atom stereocenters. The maximum Gasteiger partial charge on any atom is 0.239 e. The van der Waals surface area contributed by atoms with E-state index in [4.69, 9.17) is 18.0 Å². The summed E-state index contributed by atoms with van der Waals surface area (Å²) in [4.78, 5) is 13.9. The largest absolute Gasteiger partial charge is 0.389 e.